The Labute approximate surface area is 264 Å². The van der Waals surface area contributed by atoms with Gasteiger partial charge in [0.15, 0.2) is 0 Å². The number of ether oxygens (including phenoxy) is 1. The van der Waals surface area contributed by atoms with Crippen LogP contribution in [0.2, 0.25) is 31.4 Å². The molecule has 1 saturated carbocycles. The van der Waals surface area contributed by atoms with Crippen molar-refractivity contribution < 1.29 is 4.74 Å². The van der Waals surface area contributed by atoms with E-state index in [1.807, 2.05) is 3.58 Å². The summed E-state index contributed by atoms with van der Waals surface area (Å²) in [5.74, 6) is 0.664. The molecule has 1 aliphatic carbocycles. The maximum atomic E-state index is 5.76. The molecule has 42 heavy (non-hydrogen) atoms. The molecular weight excluding hydrogens is 637 g/mol. The van der Waals surface area contributed by atoms with Gasteiger partial charge in [-0.05, 0) is 0 Å². The molecule has 0 spiro atoms. The van der Waals surface area contributed by atoms with Crippen LogP contribution in [0.3, 0.4) is 0 Å². The zero-order valence-electron chi connectivity index (χ0n) is 28.9. The predicted octanol–water partition coefficient (Wildman–Crippen LogP) is 9.69. The van der Waals surface area contributed by atoms with Crippen molar-refractivity contribution in [3.05, 3.63) is 24.0 Å². The molecule has 1 saturated heterocycles. The van der Waals surface area contributed by atoms with Gasteiger partial charge in [-0.1, -0.05) is 0 Å². The van der Waals surface area contributed by atoms with Crippen molar-refractivity contribution in [1.29, 1.82) is 0 Å². The minimum atomic E-state index is -2.68. The van der Waals surface area contributed by atoms with E-state index in [4.69, 9.17) is 9.72 Å². The third-order valence-electron chi connectivity index (χ3n) is 11.6. The molecule has 2 aliphatic rings. The first-order valence-corrected chi connectivity index (χ1v) is 28.3. The second kappa shape index (κ2) is 15.3. The number of aromatic nitrogens is 2. The number of hydrogen-bond acceptors (Lipinski definition) is 3. The summed E-state index contributed by atoms with van der Waals surface area (Å²) in [6.45, 7) is 24.0. The van der Waals surface area contributed by atoms with Gasteiger partial charge in [0, 0.05) is 0 Å². The number of rotatable bonds is 13. The zero-order valence-corrected chi connectivity index (χ0v) is 32.7. The van der Waals surface area contributed by atoms with E-state index in [9.17, 15) is 0 Å². The van der Waals surface area contributed by atoms with Gasteiger partial charge in [0.2, 0.25) is 0 Å². The molecule has 2 aromatic rings. The van der Waals surface area contributed by atoms with Crippen molar-refractivity contribution in [3.8, 4) is 0 Å². The Bertz CT molecular complexity index is 1090. The van der Waals surface area contributed by atoms with Gasteiger partial charge in [0.05, 0.1) is 0 Å². The van der Waals surface area contributed by atoms with Gasteiger partial charge < -0.3 is 0 Å². The molecule has 4 nitrogen and oxygen atoms in total. The number of fused-ring (bicyclic) bond motifs is 1. The van der Waals surface area contributed by atoms with E-state index < -0.39 is 26.6 Å². The van der Waals surface area contributed by atoms with E-state index in [1.54, 1.807) is 5.39 Å². The van der Waals surface area contributed by atoms with Crippen LogP contribution in [-0.4, -0.2) is 73.1 Å². The van der Waals surface area contributed by atoms with Gasteiger partial charge in [-0.2, -0.15) is 0 Å². The average molecular weight is 703 g/mol. The van der Waals surface area contributed by atoms with Crippen LogP contribution in [0.25, 0.3) is 11.0 Å². The van der Waals surface area contributed by atoms with Crippen LogP contribution in [0.5, 0.6) is 0 Å². The molecule has 238 valence electrons. The van der Waals surface area contributed by atoms with E-state index in [-0.39, 0.29) is 5.04 Å². The van der Waals surface area contributed by atoms with Gasteiger partial charge in [0.25, 0.3) is 0 Å². The fraction of sp³-hybridized carbons (Fsp3) is 0.806. The molecule has 6 heteroatoms. The van der Waals surface area contributed by atoms with Gasteiger partial charge >= 0.3 is 266 Å². The number of nitrogens with zero attached hydrogens (tertiary/aromatic N) is 3. The molecule has 0 bridgehead atoms. The van der Waals surface area contributed by atoms with Gasteiger partial charge in [-0.3, -0.25) is 0 Å². The van der Waals surface area contributed by atoms with Crippen LogP contribution in [0.1, 0.15) is 124 Å². The summed E-state index contributed by atoms with van der Waals surface area (Å²) in [5.41, 5.74) is 2.86. The Morgan fingerprint density at radius 2 is 1.52 bits per heavy atom. The molecule has 4 rings (SSSR count). The third kappa shape index (κ3) is 7.70. The van der Waals surface area contributed by atoms with Crippen LogP contribution in [0, 0.1) is 0 Å². The monoisotopic (exact) mass is 703 g/mol. The van der Waals surface area contributed by atoms with Crippen molar-refractivity contribution >= 4 is 41.2 Å². The second-order valence-electron chi connectivity index (χ2n) is 15.5. The Kier molecular flexibility index (Phi) is 12.5. The zero-order chi connectivity index (χ0) is 30.4. The molecule has 1 aliphatic heterocycles. The van der Waals surface area contributed by atoms with Crippen LogP contribution < -0.4 is 3.58 Å². The van der Waals surface area contributed by atoms with Crippen molar-refractivity contribution in [1.82, 2.24) is 14.1 Å². The molecule has 0 unspecified atom stereocenters. The summed E-state index contributed by atoms with van der Waals surface area (Å²) >= 11 is -2.68. The van der Waals surface area contributed by atoms with E-state index in [0.717, 1.165) is 25.8 Å². The van der Waals surface area contributed by atoms with E-state index in [0.29, 0.717) is 5.92 Å². The van der Waals surface area contributed by atoms with Crippen LogP contribution >= 0.6 is 0 Å². The molecule has 0 radical (unpaired) electrons. The Morgan fingerprint density at radius 3 is 2.10 bits per heavy atom. The SMILES string of the molecule is CCC[CH2][Sn]([CH2]CCC)([CH2]CCC)[c]1cn([Si](C)(C)C(C)(C)C)c2ncc([C@H]3CC[C@H](N4CCCOCC4)CC3)cc12. The van der Waals surface area contributed by atoms with Crippen LogP contribution in [0.4, 0.5) is 0 Å². The summed E-state index contributed by atoms with van der Waals surface area (Å²) in [6, 6.07) is 3.44. The molecule has 0 atom stereocenters. The Balaban J connectivity index is 1.76. The molecule has 3 heterocycles. The molecule has 2 fully saturated rings. The number of pyridine rings is 1. The number of unbranched alkanes of at least 4 members (excludes halogenated alkanes) is 3. The standard InChI is InChI=1S/C24H38N3OSi.3C4H9.Sn/c1-24(2,3)29(4,5)27-13-11-20-17-21(18-25-23(20)27)19-7-9-22(10-8-19)26-12-6-15-28-16-14-26;3*1-3-4-2;/h13,17-19,22H,6-10,12,14-16H2,1-5H3;3*1,3-4H2,2H3;/t19-,22-;;;;. The molecule has 0 aromatic carbocycles. The summed E-state index contributed by atoms with van der Waals surface area (Å²) in [5, 5.41) is 1.87. The minimum absolute atomic E-state index is 0.280. The summed E-state index contributed by atoms with van der Waals surface area (Å²) in [6.07, 6.45) is 19.7. The van der Waals surface area contributed by atoms with Gasteiger partial charge in [0.1, 0.15) is 0 Å². The van der Waals surface area contributed by atoms with Gasteiger partial charge in [-0.25, -0.2) is 0 Å². The van der Waals surface area contributed by atoms with Gasteiger partial charge in [-0.15, -0.1) is 0 Å². The Morgan fingerprint density at radius 1 is 0.905 bits per heavy atom. The average Bonchev–Trinajstić information content (AvgIpc) is 3.16. The third-order valence-corrected chi connectivity index (χ3v) is 32.5. The second-order valence-corrected chi connectivity index (χ2v) is 33.7. The van der Waals surface area contributed by atoms with Crippen molar-refractivity contribution in [2.24, 2.45) is 0 Å². The number of hydrogen-bond donors (Lipinski definition) is 0. The van der Waals surface area contributed by atoms with E-state index in [1.165, 1.54) is 102 Å². The first-order valence-electron chi connectivity index (χ1n) is 17.9. The van der Waals surface area contributed by atoms with Crippen LogP contribution in [-0.2, 0) is 4.74 Å². The summed E-state index contributed by atoms with van der Waals surface area (Å²) in [7, 11) is -1.81. The van der Waals surface area contributed by atoms with Crippen molar-refractivity contribution in [2.45, 2.75) is 156 Å². The van der Waals surface area contributed by atoms with E-state index in [2.05, 4.69) is 82.2 Å². The van der Waals surface area contributed by atoms with E-state index >= 15 is 0 Å². The fourth-order valence-corrected chi connectivity index (χ4v) is 26.6. The maximum absolute atomic E-state index is 5.76. The molecular formula is C36H65N3OSiSn. The summed E-state index contributed by atoms with van der Waals surface area (Å²) in [4.78, 5) is 8.17. The normalized spacial score (nSPS) is 21.6. The van der Waals surface area contributed by atoms with Crippen molar-refractivity contribution in [2.75, 3.05) is 26.3 Å². The predicted molar refractivity (Wildman–Crippen MR) is 189 cm³/mol. The molecule has 0 amide bonds. The first kappa shape index (κ1) is 34.5. The quantitative estimate of drug-likeness (QED) is 0.195. The fourth-order valence-electron chi connectivity index (χ4n) is 7.79. The van der Waals surface area contributed by atoms with Crippen LogP contribution in [0.15, 0.2) is 18.5 Å². The molecule has 0 N–H and O–H groups in total. The van der Waals surface area contributed by atoms with Crippen molar-refractivity contribution in [3.63, 3.8) is 0 Å². The molecule has 2 aromatic heterocycles. The topological polar surface area (TPSA) is 30.3 Å². The first-order chi connectivity index (χ1) is 20.1. The Hall–Kier alpha value is -0.374. The summed E-state index contributed by atoms with van der Waals surface area (Å²) < 4.78 is 15.0.